The highest BCUT2D eigenvalue weighted by Crippen LogP contribution is 2.37. The molecule has 0 saturated carbocycles. The predicted octanol–water partition coefficient (Wildman–Crippen LogP) is 2.20. The van der Waals surface area contributed by atoms with Crippen molar-refractivity contribution < 1.29 is 4.39 Å². The summed E-state index contributed by atoms with van der Waals surface area (Å²) in [6, 6.07) is 6.82. The van der Waals surface area contributed by atoms with Crippen LogP contribution < -0.4 is 11.3 Å². The number of nitrogens with zero attached hydrogens (tertiary/aromatic N) is 2. The van der Waals surface area contributed by atoms with Gasteiger partial charge in [0.05, 0.1) is 16.3 Å². The number of rotatable bonds is 2. The minimum absolute atomic E-state index is 0.200. The standard InChI is InChI=1S/C13H9ClFN5O/c14-8-5-6(15)1-2-7(8)11-12(19-20-13(11)16)9-3-4-10(21)18-17-9/h1-5H,(H,18,21)(H3,16,19,20). The van der Waals surface area contributed by atoms with Crippen molar-refractivity contribution in [1.82, 2.24) is 20.4 Å². The second-order valence-corrected chi connectivity index (χ2v) is 4.70. The van der Waals surface area contributed by atoms with Crippen molar-refractivity contribution in [3.05, 3.63) is 51.5 Å². The van der Waals surface area contributed by atoms with Gasteiger partial charge in [-0.25, -0.2) is 9.49 Å². The minimum atomic E-state index is -0.450. The fraction of sp³-hybridized carbons (Fsp3) is 0. The van der Waals surface area contributed by atoms with E-state index in [9.17, 15) is 9.18 Å². The molecule has 3 rings (SSSR count). The number of aromatic amines is 2. The lowest BCUT2D eigenvalue weighted by molar-refractivity contribution is 0.628. The molecule has 0 radical (unpaired) electrons. The molecule has 0 aliphatic rings. The Hall–Kier alpha value is -2.67. The van der Waals surface area contributed by atoms with Gasteiger partial charge in [0.2, 0.25) is 0 Å². The van der Waals surface area contributed by atoms with Gasteiger partial charge in [-0.1, -0.05) is 11.6 Å². The number of hydrogen-bond donors (Lipinski definition) is 3. The quantitative estimate of drug-likeness (QED) is 0.675. The number of halogens is 2. The summed E-state index contributed by atoms with van der Waals surface area (Å²) in [4.78, 5) is 11.1. The van der Waals surface area contributed by atoms with Crippen LogP contribution in [-0.4, -0.2) is 20.4 Å². The normalized spacial score (nSPS) is 10.8. The van der Waals surface area contributed by atoms with Gasteiger partial charge in [0.15, 0.2) is 5.82 Å². The van der Waals surface area contributed by atoms with Crippen LogP contribution in [0.2, 0.25) is 5.02 Å². The highest BCUT2D eigenvalue weighted by atomic mass is 35.5. The summed E-state index contributed by atoms with van der Waals surface area (Å²) in [7, 11) is 0. The number of nitrogens with one attached hydrogen (secondary N) is 2. The van der Waals surface area contributed by atoms with E-state index in [4.69, 9.17) is 17.3 Å². The van der Waals surface area contributed by atoms with Crippen molar-refractivity contribution in [1.29, 1.82) is 0 Å². The van der Waals surface area contributed by atoms with Gasteiger partial charge in [-0.3, -0.25) is 9.89 Å². The summed E-state index contributed by atoms with van der Waals surface area (Å²) in [5, 5.41) is 13.1. The highest BCUT2D eigenvalue weighted by molar-refractivity contribution is 6.33. The van der Waals surface area contributed by atoms with Crippen molar-refractivity contribution in [3.8, 4) is 22.5 Å². The molecule has 106 valence electrons. The Bertz CT molecular complexity index is 853. The maximum atomic E-state index is 13.2. The molecule has 0 bridgehead atoms. The van der Waals surface area contributed by atoms with Gasteiger partial charge in [0.25, 0.3) is 5.56 Å². The Morgan fingerprint density at radius 3 is 2.62 bits per heavy atom. The molecule has 2 aromatic heterocycles. The van der Waals surface area contributed by atoms with Crippen molar-refractivity contribution in [3.63, 3.8) is 0 Å². The lowest BCUT2D eigenvalue weighted by Crippen LogP contribution is -2.06. The summed E-state index contributed by atoms with van der Waals surface area (Å²) in [5.74, 6) is -0.249. The lowest BCUT2D eigenvalue weighted by Gasteiger charge is -2.06. The second-order valence-electron chi connectivity index (χ2n) is 4.29. The molecule has 3 aromatic rings. The number of benzene rings is 1. The van der Waals surface area contributed by atoms with Crippen LogP contribution in [-0.2, 0) is 0 Å². The smallest absolute Gasteiger partial charge is 0.264 e. The molecular formula is C13H9ClFN5O. The van der Waals surface area contributed by atoms with E-state index in [1.165, 1.54) is 30.3 Å². The van der Waals surface area contributed by atoms with Crippen molar-refractivity contribution in [2.75, 3.05) is 5.73 Å². The van der Waals surface area contributed by atoms with Gasteiger partial charge >= 0.3 is 0 Å². The molecule has 4 N–H and O–H groups in total. The van der Waals surface area contributed by atoms with E-state index >= 15 is 0 Å². The average Bonchev–Trinajstić information content (AvgIpc) is 2.82. The van der Waals surface area contributed by atoms with Crippen molar-refractivity contribution in [2.24, 2.45) is 0 Å². The number of aromatic nitrogens is 4. The fourth-order valence-corrected chi connectivity index (χ4v) is 2.25. The summed E-state index contributed by atoms with van der Waals surface area (Å²) in [5.41, 5.74) is 7.47. The molecule has 0 amide bonds. The summed E-state index contributed by atoms with van der Waals surface area (Å²) in [6.07, 6.45) is 0. The molecule has 6 nitrogen and oxygen atoms in total. The van der Waals surface area contributed by atoms with E-state index in [1.807, 2.05) is 0 Å². The van der Waals surface area contributed by atoms with Gasteiger partial charge < -0.3 is 5.73 Å². The number of anilines is 1. The first-order valence-corrected chi connectivity index (χ1v) is 6.29. The van der Waals surface area contributed by atoms with Gasteiger partial charge in [-0.15, -0.1) is 0 Å². The Kier molecular flexibility index (Phi) is 3.19. The first-order chi connectivity index (χ1) is 10.1. The van der Waals surface area contributed by atoms with E-state index < -0.39 is 5.82 Å². The third-order valence-corrected chi connectivity index (χ3v) is 3.24. The SMILES string of the molecule is Nc1n[nH]c(-c2ccc(=O)[nH]n2)c1-c1ccc(F)cc1Cl. The van der Waals surface area contributed by atoms with Crippen molar-refractivity contribution >= 4 is 17.4 Å². The molecule has 1 aromatic carbocycles. The molecule has 0 unspecified atom stereocenters. The highest BCUT2D eigenvalue weighted by Gasteiger charge is 2.18. The van der Waals surface area contributed by atoms with Crippen LogP contribution in [0.25, 0.3) is 22.5 Å². The first kappa shape index (κ1) is 13.3. The van der Waals surface area contributed by atoms with Crippen LogP contribution >= 0.6 is 11.6 Å². The number of H-pyrrole nitrogens is 2. The van der Waals surface area contributed by atoms with Crippen LogP contribution in [0.3, 0.4) is 0 Å². The Morgan fingerprint density at radius 1 is 1.14 bits per heavy atom. The van der Waals surface area contributed by atoms with Crippen LogP contribution in [0.1, 0.15) is 0 Å². The minimum Gasteiger partial charge on any atom is -0.382 e. The molecule has 0 aliphatic carbocycles. The predicted molar refractivity (Wildman–Crippen MR) is 77.3 cm³/mol. The van der Waals surface area contributed by atoms with Gasteiger partial charge in [-0.2, -0.15) is 10.2 Å². The van der Waals surface area contributed by atoms with Crippen LogP contribution in [0.15, 0.2) is 35.1 Å². The Balaban J connectivity index is 2.21. The second kappa shape index (κ2) is 5.02. The summed E-state index contributed by atoms with van der Waals surface area (Å²) < 4.78 is 13.2. The maximum Gasteiger partial charge on any atom is 0.264 e. The summed E-state index contributed by atoms with van der Waals surface area (Å²) >= 11 is 6.06. The zero-order valence-electron chi connectivity index (χ0n) is 10.5. The molecule has 8 heteroatoms. The third kappa shape index (κ3) is 2.38. The molecule has 21 heavy (non-hydrogen) atoms. The number of nitrogens with two attached hydrogens (primary N) is 1. The van der Waals surface area contributed by atoms with Crippen LogP contribution in [0.4, 0.5) is 10.2 Å². The zero-order chi connectivity index (χ0) is 15.0. The van der Waals surface area contributed by atoms with E-state index in [0.29, 0.717) is 22.5 Å². The van der Waals surface area contributed by atoms with Crippen LogP contribution in [0.5, 0.6) is 0 Å². The van der Waals surface area contributed by atoms with E-state index in [1.54, 1.807) is 0 Å². The number of hydrogen-bond acceptors (Lipinski definition) is 4. The summed E-state index contributed by atoms with van der Waals surface area (Å²) in [6.45, 7) is 0. The van der Waals surface area contributed by atoms with E-state index in [-0.39, 0.29) is 16.4 Å². The molecule has 0 saturated heterocycles. The maximum absolute atomic E-state index is 13.2. The topological polar surface area (TPSA) is 100 Å². The van der Waals surface area contributed by atoms with Crippen molar-refractivity contribution in [2.45, 2.75) is 0 Å². The van der Waals surface area contributed by atoms with Gasteiger partial charge in [0, 0.05) is 11.6 Å². The van der Waals surface area contributed by atoms with E-state index in [2.05, 4.69) is 20.4 Å². The van der Waals surface area contributed by atoms with Gasteiger partial charge in [0.1, 0.15) is 11.5 Å². The molecule has 0 aliphatic heterocycles. The largest absolute Gasteiger partial charge is 0.382 e. The van der Waals surface area contributed by atoms with E-state index in [0.717, 1.165) is 0 Å². The molecule has 0 spiro atoms. The Labute approximate surface area is 122 Å². The first-order valence-electron chi connectivity index (χ1n) is 5.91. The van der Waals surface area contributed by atoms with Gasteiger partial charge in [-0.05, 0) is 24.3 Å². The molecule has 2 heterocycles. The lowest BCUT2D eigenvalue weighted by atomic mass is 10.0. The Morgan fingerprint density at radius 2 is 1.95 bits per heavy atom. The molecule has 0 atom stereocenters. The number of nitrogen functional groups attached to an aromatic ring is 1. The third-order valence-electron chi connectivity index (χ3n) is 2.93. The average molecular weight is 306 g/mol. The van der Waals surface area contributed by atoms with Crippen LogP contribution in [0, 0.1) is 5.82 Å². The monoisotopic (exact) mass is 305 g/mol. The molecular weight excluding hydrogens is 297 g/mol. The fourth-order valence-electron chi connectivity index (χ4n) is 1.99. The zero-order valence-corrected chi connectivity index (χ0v) is 11.3. The molecule has 0 fully saturated rings.